The van der Waals surface area contributed by atoms with Gasteiger partial charge in [-0.2, -0.15) is 5.10 Å². The number of benzene rings is 2. The van der Waals surface area contributed by atoms with Crippen molar-refractivity contribution in [3.63, 3.8) is 0 Å². The fraction of sp³-hybridized carbons (Fsp3) is 0.0556. The summed E-state index contributed by atoms with van der Waals surface area (Å²) in [5.41, 5.74) is 2.37. The second-order valence-electron chi connectivity index (χ2n) is 5.13. The molecule has 0 saturated heterocycles. The second kappa shape index (κ2) is 6.78. The molecule has 0 aliphatic carbocycles. The predicted molar refractivity (Wildman–Crippen MR) is 89.7 cm³/mol. The molecule has 0 saturated carbocycles. The number of aromatic nitrogens is 2. The number of esters is 1. The summed E-state index contributed by atoms with van der Waals surface area (Å²) in [4.78, 5) is 23.3. The summed E-state index contributed by atoms with van der Waals surface area (Å²) >= 11 is 0. The molecule has 0 aliphatic heterocycles. The van der Waals surface area contributed by atoms with Crippen LogP contribution in [0.2, 0.25) is 0 Å². The number of nitrogens with zero attached hydrogens (tertiary/aromatic N) is 1. The lowest BCUT2D eigenvalue weighted by molar-refractivity contribution is -0.114. The standard InChI is InChI=1S/C18H15N3O3/c1-12(22)19-14-8-5-9-15(10-14)24-18(23)17-11-16(20-21-17)13-6-3-2-4-7-13/h2-11H,1H3,(H,19,22)(H,20,21). The van der Waals surface area contributed by atoms with E-state index in [1.807, 2.05) is 30.3 Å². The van der Waals surface area contributed by atoms with Crippen LogP contribution in [0.5, 0.6) is 5.75 Å². The summed E-state index contributed by atoms with van der Waals surface area (Å²) in [7, 11) is 0. The molecular formula is C18H15N3O3. The van der Waals surface area contributed by atoms with Gasteiger partial charge < -0.3 is 10.1 Å². The Morgan fingerprint density at radius 1 is 1.04 bits per heavy atom. The van der Waals surface area contributed by atoms with Crippen molar-refractivity contribution in [2.75, 3.05) is 5.32 Å². The molecule has 0 bridgehead atoms. The highest BCUT2D eigenvalue weighted by molar-refractivity contribution is 5.91. The molecule has 6 nitrogen and oxygen atoms in total. The van der Waals surface area contributed by atoms with Crippen molar-refractivity contribution < 1.29 is 14.3 Å². The van der Waals surface area contributed by atoms with Crippen LogP contribution in [-0.4, -0.2) is 22.1 Å². The summed E-state index contributed by atoms with van der Waals surface area (Å²) in [6.07, 6.45) is 0. The Labute approximate surface area is 138 Å². The van der Waals surface area contributed by atoms with Crippen LogP contribution < -0.4 is 10.1 Å². The Morgan fingerprint density at radius 3 is 2.58 bits per heavy atom. The van der Waals surface area contributed by atoms with Crippen molar-refractivity contribution in [3.05, 3.63) is 66.4 Å². The number of hydrogen-bond acceptors (Lipinski definition) is 4. The van der Waals surface area contributed by atoms with Crippen molar-refractivity contribution in [1.29, 1.82) is 0 Å². The number of hydrogen-bond donors (Lipinski definition) is 2. The maximum atomic E-state index is 12.2. The Balaban J connectivity index is 1.74. The van der Waals surface area contributed by atoms with Gasteiger partial charge in [-0.15, -0.1) is 0 Å². The third-order valence-electron chi connectivity index (χ3n) is 3.23. The minimum atomic E-state index is -0.551. The van der Waals surface area contributed by atoms with Gasteiger partial charge >= 0.3 is 5.97 Å². The van der Waals surface area contributed by atoms with Crippen LogP contribution in [0.3, 0.4) is 0 Å². The van der Waals surface area contributed by atoms with Crippen LogP contribution in [0.25, 0.3) is 11.3 Å². The largest absolute Gasteiger partial charge is 0.422 e. The fourth-order valence-electron chi connectivity index (χ4n) is 2.19. The molecule has 0 aliphatic rings. The first-order chi connectivity index (χ1) is 11.6. The van der Waals surface area contributed by atoms with E-state index in [1.54, 1.807) is 30.3 Å². The lowest BCUT2D eigenvalue weighted by Crippen LogP contribution is -2.10. The number of carbonyl (C=O) groups excluding carboxylic acids is 2. The van der Waals surface area contributed by atoms with Gasteiger partial charge in [0, 0.05) is 24.2 Å². The van der Waals surface area contributed by atoms with Crippen molar-refractivity contribution in [1.82, 2.24) is 10.2 Å². The van der Waals surface area contributed by atoms with E-state index in [0.717, 1.165) is 5.56 Å². The van der Waals surface area contributed by atoms with E-state index in [9.17, 15) is 9.59 Å². The number of amides is 1. The first kappa shape index (κ1) is 15.5. The molecule has 1 aromatic heterocycles. The SMILES string of the molecule is CC(=O)Nc1cccc(OC(=O)c2cc(-c3ccccc3)n[nH]2)c1. The van der Waals surface area contributed by atoms with Gasteiger partial charge in [0.1, 0.15) is 11.4 Å². The normalized spacial score (nSPS) is 10.2. The van der Waals surface area contributed by atoms with Gasteiger partial charge in [0.05, 0.1) is 5.69 Å². The predicted octanol–water partition coefficient (Wildman–Crippen LogP) is 3.25. The van der Waals surface area contributed by atoms with E-state index in [4.69, 9.17) is 4.74 Å². The van der Waals surface area contributed by atoms with E-state index < -0.39 is 5.97 Å². The van der Waals surface area contributed by atoms with Gasteiger partial charge in [0.15, 0.2) is 0 Å². The second-order valence-corrected chi connectivity index (χ2v) is 5.13. The molecule has 1 heterocycles. The first-order valence-corrected chi connectivity index (χ1v) is 7.32. The number of H-pyrrole nitrogens is 1. The molecule has 3 aromatic rings. The number of rotatable bonds is 4. The number of nitrogens with one attached hydrogen (secondary N) is 2. The van der Waals surface area contributed by atoms with E-state index in [0.29, 0.717) is 17.1 Å². The first-order valence-electron chi connectivity index (χ1n) is 7.32. The zero-order valence-electron chi connectivity index (χ0n) is 12.9. The topological polar surface area (TPSA) is 84.1 Å². The quantitative estimate of drug-likeness (QED) is 0.570. The van der Waals surface area contributed by atoms with Crippen LogP contribution in [0.15, 0.2) is 60.7 Å². The Bertz CT molecular complexity index is 872. The molecule has 0 radical (unpaired) electrons. The van der Waals surface area contributed by atoms with Crippen LogP contribution in [0.4, 0.5) is 5.69 Å². The fourth-order valence-corrected chi connectivity index (χ4v) is 2.19. The van der Waals surface area contributed by atoms with Gasteiger partial charge in [0.2, 0.25) is 5.91 Å². The monoisotopic (exact) mass is 321 g/mol. The number of carbonyl (C=O) groups is 2. The van der Waals surface area contributed by atoms with Crippen LogP contribution in [-0.2, 0) is 4.79 Å². The zero-order valence-corrected chi connectivity index (χ0v) is 12.9. The molecule has 0 unspecified atom stereocenters. The Hall–Kier alpha value is -3.41. The Morgan fingerprint density at radius 2 is 1.83 bits per heavy atom. The molecule has 0 fully saturated rings. The molecule has 6 heteroatoms. The molecule has 2 N–H and O–H groups in total. The summed E-state index contributed by atoms with van der Waals surface area (Å²) in [6, 6.07) is 17.8. The highest BCUT2D eigenvalue weighted by Crippen LogP contribution is 2.20. The number of anilines is 1. The maximum Gasteiger partial charge on any atom is 0.361 e. The zero-order chi connectivity index (χ0) is 16.9. The van der Waals surface area contributed by atoms with Gasteiger partial charge in [-0.3, -0.25) is 9.89 Å². The summed E-state index contributed by atoms with van der Waals surface area (Å²) < 4.78 is 5.31. The molecule has 24 heavy (non-hydrogen) atoms. The third kappa shape index (κ3) is 3.67. The van der Waals surface area contributed by atoms with Crippen molar-refractivity contribution in [2.24, 2.45) is 0 Å². The van der Waals surface area contributed by atoms with Gasteiger partial charge in [0.25, 0.3) is 0 Å². The Kier molecular flexibility index (Phi) is 4.38. The molecule has 3 rings (SSSR count). The van der Waals surface area contributed by atoms with Gasteiger partial charge in [-0.1, -0.05) is 36.4 Å². The summed E-state index contributed by atoms with van der Waals surface area (Å²) in [6.45, 7) is 1.41. The van der Waals surface area contributed by atoms with Crippen molar-refractivity contribution in [3.8, 4) is 17.0 Å². The van der Waals surface area contributed by atoms with Crippen LogP contribution in [0.1, 0.15) is 17.4 Å². The smallest absolute Gasteiger partial charge is 0.361 e. The number of aromatic amines is 1. The van der Waals surface area contributed by atoms with E-state index >= 15 is 0 Å². The summed E-state index contributed by atoms with van der Waals surface area (Å²) in [5.74, 6) is -0.411. The van der Waals surface area contributed by atoms with Crippen molar-refractivity contribution in [2.45, 2.75) is 6.92 Å². The minimum Gasteiger partial charge on any atom is -0.422 e. The molecular weight excluding hydrogens is 306 g/mol. The number of ether oxygens (including phenoxy) is 1. The molecule has 0 atom stereocenters. The summed E-state index contributed by atoms with van der Waals surface area (Å²) in [5, 5.41) is 9.43. The van der Waals surface area contributed by atoms with Gasteiger partial charge in [-0.25, -0.2) is 4.79 Å². The molecule has 120 valence electrons. The molecule has 0 spiro atoms. The third-order valence-corrected chi connectivity index (χ3v) is 3.23. The van der Waals surface area contributed by atoms with E-state index in [-0.39, 0.29) is 11.6 Å². The van der Waals surface area contributed by atoms with E-state index in [2.05, 4.69) is 15.5 Å². The highest BCUT2D eigenvalue weighted by Gasteiger charge is 2.13. The maximum absolute atomic E-state index is 12.2. The average Bonchev–Trinajstić information content (AvgIpc) is 3.05. The van der Waals surface area contributed by atoms with E-state index in [1.165, 1.54) is 6.92 Å². The molecule has 1 amide bonds. The minimum absolute atomic E-state index is 0.195. The lowest BCUT2D eigenvalue weighted by Gasteiger charge is -2.05. The van der Waals surface area contributed by atoms with Crippen LogP contribution >= 0.6 is 0 Å². The molecule has 2 aromatic carbocycles. The van der Waals surface area contributed by atoms with Crippen LogP contribution in [0, 0.1) is 0 Å². The lowest BCUT2D eigenvalue weighted by atomic mass is 10.1. The van der Waals surface area contributed by atoms with Gasteiger partial charge in [-0.05, 0) is 18.2 Å². The average molecular weight is 321 g/mol. The van der Waals surface area contributed by atoms with Crippen molar-refractivity contribution >= 4 is 17.6 Å². The highest BCUT2D eigenvalue weighted by atomic mass is 16.5.